The Kier molecular flexibility index (Phi) is 2.01. The molecule has 2 aromatic heterocycles. The lowest BCUT2D eigenvalue weighted by atomic mass is 10.3. The van der Waals surface area contributed by atoms with Crippen molar-refractivity contribution >= 4 is 48.7 Å². The summed E-state index contributed by atoms with van der Waals surface area (Å²) in [6, 6.07) is 0. The quantitative estimate of drug-likeness (QED) is 0.658. The number of rotatable bonds is 0. The fraction of sp³-hybridized carbons (Fsp3) is 0.250. The third-order valence-corrected chi connectivity index (χ3v) is 4.87. The summed E-state index contributed by atoms with van der Waals surface area (Å²) in [4.78, 5) is 1.96. The Labute approximate surface area is 86.2 Å². The first-order valence-corrected chi connectivity index (χ1v) is 5.87. The second-order valence-corrected chi connectivity index (χ2v) is 6.38. The van der Waals surface area contributed by atoms with Gasteiger partial charge in [-0.3, -0.25) is 0 Å². The first-order valence-electron chi connectivity index (χ1n) is 3.44. The van der Waals surface area contributed by atoms with Gasteiger partial charge in [-0.25, -0.2) is 4.39 Å². The van der Waals surface area contributed by atoms with Crippen molar-refractivity contribution in [1.29, 1.82) is 0 Å². The standard InChI is InChI=1S/C8H6BrFS2/c1-3-6(10)5-7(11-3)4(2)12-8(5)9/h1-2H3. The predicted molar refractivity (Wildman–Crippen MR) is 56.8 cm³/mol. The topological polar surface area (TPSA) is 0 Å². The van der Waals surface area contributed by atoms with Gasteiger partial charge < -0.3 is 0 Å². The fourth-order valence-electron chi connectivity index (χ4n) is 1.18. The third-order valence-electron chi connectivity index (χ3n) is 1.77. The smallest absolute Gasteiger partial charge is 0.146 e. The molecule has 0 atom stereocenters. The lowest BCUT2D eigenvalue weighted by Crippen LogP contribution is -1.68. The minimum Gasteiger partial charge on any atom is -0.205 e. The van der Waals surface area contributed by atoms with Crippen LogP contribution in [0.15, 0.2) is 3.79 Å². The van der Waals surface area contributed by atoms with Crippen LogP contribution in [0.25, 0.3) is 10.1 Å². The molecule has 4 heteroatoms. The van der Waals surface area contributed by atoms with E-state index in [0.717, 1.165) is 18.7 Å². The fourth-order valence-corrected chi connectivity index (χ4v) is 4.42. The van der Waals surface area contributed by atoms with Gasteiger partial charge in [0.1, 0.15) is 5.82 Å². The average molecular weight is 265 g/mol. The molecule has 0 saturated carbocycles. The molecule has 0 N–H and O–H groups in total. The maximum Gasteiger partial charge on any atom is 0.146 e. The van der Waals surface area contributed by atoms with Gasteiger partial charge in [-0.05, 0) is 29.8 Å². The van der Waals surface area contributed by atoms with Crippen LogP contribution in [0.5, 0.6) is 0 Å². The second-order valence-electron chi connectivity index (χ2n) is 2.61. The van der Waals surface area contributed by atoms with E-state index in [2.05, 4.69) is 15.9 Å². The van der Waals surface area contributed by atoms with Crippen molar-refractivity contribution in [3.8, 4) is 0 Å². The van der Waals surface area contributed by atoms with Crippen molar-refractivity contribution in [2.24, 2.45) is 0 Å². The Morgan fingerprint density at radius 1 is 1.17 bits per heavy atom. The van der Waals surface area contributed by atoms with Gasteiger partial charge >= 0.3 is 0 Å². The third kappa shape index (κ3) is 1.05. The summed E-state index contributed by atoms with van der Waals surface area (Å²) < 4.78 is 15.4. The molecule has 2 heterocycles. The van der Waals surface area contributed by atoms with Crippen molar-refractivity contribution in [2.45, 2.75) is 13.8 Å². The summed E-state index contributed by atoms with van der Waals surface area (Å²) in [5.41, 5.74) is 0. The summed E-state index contributed by atoms with van der Waals surface area (Å²) in [6.45, 7) is 3.84. The largest absolute Gasteiger partial charge is 0.205 e. The highest BCUT2D eigenvalue weighted by Crippen LogP contribution is 2.42. The molecular formula is C8H6BrFS2. The first-order chi connectivity index (χ1) is 5.61. The Hall–Kier alpha value is 0.0700. The van der Waals surface area contributed by atoms with Gasteiger partial charge in [0.25, 0.3) is 0 Å². The van der Waals surface area contributed by atoms with Crippen molar-refractivity contribution in [2.75, 3.05) is 0 Å². The van der Waals surface area contributed by atoms with Crippen molar-refractivity contribution in [1.82, 2.24) is 0 Å². The zero-order valence-electron chi connectivity index (χ0n) is 6.57. The van der Waals surface area contributed by atoms with Crippen molar-refractivity contribution in [3.63, 3.8) is 0 Å². The maximum absolute atomic E-state index is 13.4. The average Bonchev–Trinajstić information content (AvgIpc) is 2.41. The number of aryl methyl sites for hydroxylation is 2. The zero-order chi connectivity index (χ0) is 8.88. The maximum atomic E-state index is 13.4. The van der Waals surface area contributed by atoms with Gasteiger partial charge in [-0.15, -0.1) is 22.7 Å². The number of hydrogen-bond acceptors (Lipinski definition) is 2. The van der Waals surface area contributed by atoms with Crippen LogP contribution in [0.3, 0.4) is 0 Å². The first kappa shape index (κ1) is 8.66. The number of thiophene rings is 2. The Morgan fingerprint density at radius 3 is 2.42 bits per heavy atom. The molecule has 2 aromatic rings. The van der Waals surface area contributed by atoms with E-state index < -0.39 is 0 Å². The van der Waals surface area contributed by atoms with E-state index >= 15 is 0 Å². The van der Waals surface area contributed by atoms with Crippen molar-refractivity contribution < 1.29 is 4.39 Å². The molecule has 0 saturated heterocycles. The summed E-state index contributed by atoms with van der Waals surface area (Å²) in [7, 11) is 0. The molecule has 0 aliphatic rings. The SMILES string of the molecule is Cc1sc2c(C)sc(Br)c2c1F. The Bertz CT molecular complexity index is 441. The molecule has 0 aliphatic heterocycles. The molecule has 2 rings (SSSR count). The minimum atomic E-state index is -0.0637. The van der Waals surface area contributed by atoms with Crippen LogP contribution in [-0.4, -0.2) is 0 Å². The van der Waals surface area contributed by atoms with Crippen LogP contribution < -0.4 is 0 Å². The van der Waals surface area contributed by atoms with Crippen LogP contribution in [0.4, 0.5) is 4.39 Å². The molecule has 0 amide bonds. The highest BCUT2D eigenvalue weighted by atomic mass is 79.9. The zero-order valence-corrected chi connectivity index (χ0v) is 9.79. The molecule has 0 aromatic carbocycles. The van der Waals surface area contributed by atoms with E-state index in [1.807, 2.05) is 13.8 Å². The molecule has 64 valence electrons. The van der Waals surface area contributed by atoms with E-state index in [1.165, 1.54) is 16.2 Å². The lowest BCUT2D eigenvalue weighted by molar-refractivity contribution is 0.636. The molecule has 12 heavy (non-hydrogen) atoms. The van der Waals surface area contributed by atoms with Gasteiger partial charge in [0, 0.05) is 9.75 Å². The van der Waals surface area contributed by atoms with E-state index in [0.29, 0.717) is 0 Å². The highest BCUT2D eigenvalue weighted by Gasteiger charge is 2.15. The number of halogens is 2. The highest BCUT2D eigenvalue weighted by molar-refractivity contribution is 9.11. The number of fused-ring (bicyclic) bond motifs is 1. The van der Waals surface area contributed by atoms with E-state index in [4.69, 9.17) is 0 Å². The molecule has 0 fully saturated rings. The monoisotopic (exact) mass is 264 g/mol. The van der Waals surface area contributed by atoms with Gasteiger partial charge in [0.15, 0.2) is 0 Å². The van der Waals surface area contributed by atoms with E-state index in [-0.39, 0.29) is 5.82 Å². The molecule has 0 aliphatic carbocycles. The van der Waals surface area contributed by atoms with Crippen LogP contribution in [-0.2, 0) is 0 Å². The molecule has 0 radical (unpaired) electrons. The van der Waals surface area contributed by atoms with Gasteiger partial charge in [-0.1, -0.05) is 0 Å². The molecular weight excluding hydrogens is 259 g/mol. The van der Waals surface area contributed by atoms with Crippen LogP contribution in [0.1, 0.15) is 9.75 Å². The van der Waals surface area contributed by atoms with Crippen molar-refractivity contribution in [3.05, 3.63) is 19.4 Å². The summed E-state index contributed by atoms with van der Waals surface area (Å²) in [6.07, 6.45) is 0. The van der Waals surface area contributed by atoms with Gasteiger partial charge in [0.2, 0.25) is 0 Å². The second kappa shape index (κ2) is 2.79. The Balaban J connectivity index is 2.98. The van der Waals surface area contributed by atoms with Crippen LogP contribution in [0.2, 0.25) is 0 Å². The summed E-state index contributed by atoms with van der Waals surface area (Å²) in [5, 5.41) is 0.764. The normalized spacial score (nSPS) is 11.3. The summed E-state index contributed by atoms with van der Waals surface area (Å²) in [5.74, 6) is -0.0637. The van der Waals surface area contributed by atoms with E-state index in [1.54, 1.807) is 11.3 Å². The molecule has 0 nitrogen and oxygen atoms in total. The minimum absolute atomic E-state index is 0.0637. The van der Waals surface area contributed by atoms with Gasteiger partial charge in [0.05, 0.1) is 13.9 Å². The van der Waals surface area contributed by atoms with Gasteiger partial charge in [-0.2, -0.15) is 0 Å². The molecule has 0 unspecified atom stereocenters. The predicted octanol–water partition coefficient (Wildman–Crippen LogP) is 4.48. The van der Waals surface area contributed by atoms with Crippen LogP contribution in [0, 0.1) is 19.7 Å². The Morgan fingerprint density at radius 2 is 1.83 bits per heavy atom. The number of hydrogen-bond donors (Lipinski definition) is 0. The van der Waals surface area contributed by atoms with E-state index in [9.17, 15) is 4.39 Å². The lowest BCUT2D eigenvalue weighted by Gasteiger charge is -1.83. The van der Waals surface area contributed by atoms with Crippen LogP contribution >= 0.6 is 38.6 Å². The summed E-state index contributed by atoms with van der Waals surface area (Å²) >= 11 is 6.50. The molecule has 0 bridgehead atoms. The molecule has 0 spiro atoms.